The van der Waals surface area contributed by atoms with Gasteiger partial charge in [-0.2, -0.15) is 0 Å². The van der Waals surface area contributed by atoms with Crippen molar-refractivity contribution in [1.29, 1.82) is 0 Å². The summed E-state index contributed by atoms with van der Waals surface area (Å²) in [4.78, 5) is 25.4. The second-order valence-corrected chi connectivity index (χ2v) is 7.87. The lowest BCUT2D eigenvalue weighted by Gasteiger charge is -2.34. The molecule has 0 saturated heterocycles. The molecule has 0 fully saturated rings. The van der Waals surface area contributed by atoms with Gasteiger partial charge in [0.05, 0.1) is 6.10 Å². The first-order valence-corrected chi connectivity index (χ1v) is 9.89. The van der Waals surface area contributed by atoms with Crippen LogP contribution in [-0.2, 0) is 9.59 Å². The molecule has 2 aliphatic rings. The minimum atomic E-state index is -0.139. The number of hydrogen-bond donors (Lipinski definition) is 1. The summed E-state index contributed by atoms with van der Waals surface area (Å²) in [6, 6.07) is 17.8. The number of benzene rings is 2. The molecule has 0 radical (unpaired) electrons. The van der Waals surface area contributed by atoms with E-state index < -0.39 is 0 Å². The highest BCUT2D eigenvalue weighted by atomic mass is 16.5. The number of ketones is 1. The monoisotopic (exact) mass is 375 g/mol. The largest absolute Gasteiger partial charge is 0.491 e. The van der Waals surface area contributed by atoms with Crippen LogP contribution < -0.4 is 10.1 Å². The molecule has 1 aliphatic heterocycles. The number of allylic oxidation sites excluding steroid dienone is 2. The summed E-state index contributed by atoms with van der Waals surface area (Å²) in [5, 5.41) is 2.98. The first kappa shape index (κ1) is 18.5. The van der Waals surface area contributed by atoms with Crippen LogP contribution in [0.2, 0.25) is 0 Å². The summed E-state index contributed by atoms with van der Waals surface area (Å²) < 4.78 is 5.71. The van der Waals surface area contributed by atoms with Crippen LogP contribution in [0.3, 0.4) is 0 Å². The lowest BCUT2D eigenvalue weighted by molar-refractivity contribution is -0.122. The zero-order chi connectivity index (χ0) is 19.7. The highest BCUT2D eigenvalue weighted by Gasteiger charge is 2.38. The van der Waals surface area contributed by atoms with Gasteiger partial charge in [0.15, 0.2) is 5.78 Å². The average molecular weight is 375 g/mol. The molecule has 2 unspecified atom stereocenters. The van der Waals surface area contributed by atoms with E-state index in [1.807, 2.05) is 68.4 Å². The minimum absolute atomic E-state index is 0.0123. The first-order chi connectivity index (χ1) is 13.5. The Bertz CT molecular complexity index is 913. The highest BCUT2D eigenvalue weighted by Crippen LogP contribution is 2.42. The van der Waals surface area contributed by atoms with Crippen LogP contribution in [0.25, 0.3) is 0 Å². The average Bonchev–Trinajstić information content (AvgIpc) is 2.67. The molecule has 2 aromatic rings. The fraction of sp³-hybridized carbons (Fsp3) is 0.333. The second kappa shape index (κ2) is 7.63. The van der Waals surface area contributed by atoms with Gasteiger partial charge >= 0.3 is 0 Å². The smallest absolute Gasteiger partial charge is 0.225 e. The normalized spacial score (nSPS) is 22.1. The molecule has 2 aromatic carbocycles. The Hall–Kier alpha value is -2.88. The van der Waals surface area contributed by atoms with E-state index in [1.165, 1.54) is 0 Å². The van der Waals surface area contributed by atoms with Crippen molar-refractivity contribution in [1.82, 2.24) is 5.32 Å². The number of carbonyl (C=O) groups excluding carboxylic acids is 2. The Morgan fingerprint density at radius 2 is 1.61 bits per heavy atom. The van der Waals surface area contributed by atoms with Gasteiger partial charge in [0.2, 0.25) is 5.91 Å². The Balaban J connectivity index is 1.61. The minimum Gasteiger partial charge on any atom is -0.491 e. The maximum Gasteiger partial charge on any atom is 0.225 e. The molecule has 28 heavy (non-hydrogen) atoms. The molecule has 0 aromatic heterocycles. The lowest BCUT2D eigenvalue weighted by Crippen LogP contribution is -2.38. The van der Waals surface area contributed by atoms with Crippen molar-refractivity contribution < 1.29 is 14.3 Å². The number of ether oxygens (including phenoxy) is 1. The van der Waals surface area contributed by atoms with E-state index in [0.717, 1.165) is 28.1 Å². The van der Waals surface area contributed by atoms with E-state index in [4.69, 9.17) is 4.74 Å². The molecule has 1 aliphatic carbocycles. The zero-order valence-corrected chi connectivity index (χ0v) is 16.3. The van der Waals surface area contributed by atoms with Crippen molar-refractivity contribution in [3.05, 3.63) is 77.0 Å². The fourth-order valence-electron chi connectivity index (χ4n) is 4.26. The molecule has 1 heterocycles. The molecular formula is C24H25NO3. The summed E-state index contributed by atoms with van der Waals surface area (Å²) >= 11 is 0. The van der Waals surface area contributed by atoms with Gasteiger partial charge in [-0.25, -0.2) is 0 Å². The third-order valence-electron chi connectivity index (χ3n) is 5.46. The summed E-state index contributed by atoms with van der Waals surface area (Å²) in [5.41, 5.74) is 3.73. The Morgan fingerprint density at radius 3 is 2.29 bits per heavy atom. The SMILES string of the molecule is CC(C)Oc1ccc(C2CC(=O)C3=C(C2)NC(=O)CC3c2ccccc2)cc1. The van der Waals surface area contributed by atoms with Gasteiger partial charge < -0.3 is 10.1 Å². The lowest BCUT2D eigenvalue weighted by atomic mass is 9.73. The number of amides is 1. The van der Waals surface area contributed by atoms with Crippen molar-refractivity contribution in [2.24, 2.45) is 0 Å². The molecule has 1 N–H and O–H groups in total. The molecule has 2 atom stereocenters. The maximum atomic E-state index is 13.1. The molecule has 144 valence electrons. The number of carbonyl (C=O) groups is 2. The van der Waals surface area contributed by atoms with Gasteiger partial charge in [0, 0.05) is 30.0 Å². The van der Waals surface area contributed by atoms with Gasteiger partial charge in [-0.05, 0) is 49.4 Å². The molecule has 1 amide bonds. The van der Waals surface area contributed by atoms with E-state index in [0.29, 0.717) is 19.3 Å². The van der Waals surface area contributed by atoms with Crippen LogP contribution in [0.5, 0.6) is 5.75 Å². The van der Waals surface area contributed by atoms with Gasteiger partial charge in [-0.15, -0.1) is 0 Å². The standard InChI is InChI=1S/C24H25NO3/c1-15(2)28-19-10-8-16(9-11-19)18-12-21-24(22(26)13-18)20(14-23(27)25-21)17-6-4-3-5-7-17/h3-11,15,18,20H,12-14H2,1-2H3,(H,25,27). The van der Waals surface area contributed by atoms with E-state index in [-0.39, 0.29) is 29.6 Å². The van der Waals surface area contributed by atoms with E-state index in [1.54, 1.807) is 0 Å². The van der Waals surface area contributed by atoms with E-state index in [9.17, 15) is 9.59 Å². The summed E-state index contributed by atoms with van der Waals surface area (Å²) in [7, 11) is 0. The number of rotatable bonds is 4. The highest BCUT2D eigenvalue weighted by molar-refractivity contribution is 6.02. The predicted molar refractivity (Wildman–Crippen MR) is 108 cm³/mol. The summed E-state index contributed by atoms with van der Waals surface area (Å²) in [6.07, 6.45) is 1.62. The summed E-state index contributed by atoms with van der Waals surface area (Å²) in [6.45, 7) is 3.99. The molecular weight excluding hydrogens is 350 g/mol. The van der Waals surface area contributed by atoms with Crippen LogP contribution in [0.15, 0.2) is 65.9 Å². The third kappa shape index (κ3) is 3.72. The first-order valence-electron chi connectivity index (χ1n) is 9.89. The molecule has 0 saturated carbocycles. The van der Waals surface area contributed by atoms with Gasteiger partial charge in [-0.3, -0.25) is 9.59 Å². The van der Waals surface area contributed by atoms with E-state index >= 15 is 0 Å². The van der Waals surface area contributed by atoms with Crippen LogP contribution in [0, 0.1) is 0 Å². The molecule has 0 bridgehead atoms. The van der Waals surface area contributed by atoms with Crippen LogP contribution in [0.1, 0.15) is 56.1 Å². The van der Waals surface area contributed by atoms with Crippen molar-refractivity contribution >= 4 is 11.7 Å². The second-order valence-electron chi connectivity index (χ2n) is 7.87. The number of Topliss-reactive ketones (excluding diaryl/α,β-unsaturated/α-hetero) is 1. The zero-order valence-electron chi connectivity index (χ0n) is 16.3. The van der Waals surface area contributed by atoms with Crippen LogP contribution in [0.4, 0.5) is 0 Å². The number of nitrogens with one attached hydrogen (secondary N) is 1. The Morgan fingerprint density at radius 1 is 0.893 bits per heavy atom. The predicted octanol–water partition coefficient (Wildman–Crippen LogP) is 4.48. The van der Waals surface area contributed by atoms with Crippen LogP contribution in [-0.4, -0.2) is 17.8 Å². The molecule has 4 rings (SSSR count). The van der Waals surface area contributed by atoms with Gasteiger partial charge in [0.1, 0.15) is 5.75 Å². The van der Waals surface area contributed by atoms with Crippen molar-refractivity contribution in [2.45, 2.75) is 51.0 Å². The Kier molecular flexibility index (Phi) is 5.03. The quantitative estimate of drug-likeness (QED) is 0.857. The maximum absolute atomic E-state index is 13.1. The van der Waals surface area contributed by atoms with Crippen molar-refractivity contribution in [3.63, 3.8) is 0 Å². The van der Waals surface area contributed by atoms with Crippen LogP contribution >= 0.6 is 0 Å². The fourth-order valence-corrected chi connectivity index (χ4v) is 4.26. The molecule has 4 nitrogen and oxygen atoms in total. The van der Waals surface area contributed by atoms with Crippen molar-refractivity contribution in [2.75, 3.05) is 0 Å². The topological polar surface area (TPSA) is 55.4 Å². The molecule has 4 heteroatoms. The summed E-state index contributed by atoms with van der Waals surface area (Å²) in [5.74, 6) is 0.898. The number of hydrogen-bond acceptors (Lipinski definition) is 3. The Labute approximate surface area is 165 Å². The van der Waals surface area contributed by atoms with Gasteiger partial charge in [0.25, 0.3) is 0 Å². The van der Waals surface area contributed by atoms with Crippen molar-refractivity contribution in [3.8, 4) is 5.75 Å². The molecule has 0 spiro atoms. The van der Waals surface area contributed by atoms with E-state index in [2.05, 4.69) is 5.32 Å². The van der Waals surface area contributed by atoms with Gasteiger partial charge in [-0.1, -0.05) is 42.5 Å². The third-order valence-corrected chi connectivity index (χ3v) is 5.46.